The Morgan fingerprint density at radius 3 is 0.914 bits per heavy atom. The smallest absolute Gasteiger partial charge is 0.333 e. The van der Waals surface area contributed by atoms with Gasteiger partial charge in [-0.25, -0.2) is 19.2 Å². The zero-order valence-corrected chi connectivity index (χ0v) is 47.2. The molecule has 0 heterocycles. The van der Waals surface area contributed by atoms with Crippen LogP contribution >= 0.6 is 0 Å². The van der Waals surface area contributed by atoms with Crippen molar-refractivity contribution in [3.8, 4) is 16.9 Å². The van der Waals surface area contributed by atoms with Crippen LogP contribution < -0.4 is 14.5 Å². The summed E-state index contributed by atoms with van der Waals surface area (Å²) in [5, 5.41) is 0. The fourth-order valence-corrected chi connectivity index (χ4v) is 7.97. The first-order chi connectivity index (χ1) is 39.0. The van der Waals surface area contributed by atoms with Gasteiger partial charge in [-0.2, -0.15) is 0 Å². The average Bonchev–Trinajstić information content (AvgIpc) is 3.56. The molecule has 0 atom stereocenters. The number of methoxy groups -OCH3 is 1. The summed E-state index contributed by atoms with van der Waals surface area (Å²) in [6, 6.07) is 44.9. The lowest BCUT2D eigenvalue weighted by Gasteiger charge is -2.28. The molecule has 0 aliphatic rings. The van der Waals surface area contributed by atoms with Gasteiger partial charge < -0.3 is 52.4 Å². The molecular weight excluding hydrogens is 1030 g/mol. The van der Waals surface area contributed by atoms with E-state index in [9.17, 15) is 19.2 Å². The number of ether oxygens (including phenoxy) is 9. The Morgan fingerprint density at radius 1 is 0.370 bits per heavy atom. The van der Waals surface area contributed by atoms with Gasteiger partial charge in [0.15, 0.2) is 0 Å². The zero-order valence-electron chi connectivity index (χ0n) is 47.2. The van der Waals surface area contributed by atoms with Gasteiger partial charge in [-0.15, -0.1) is 0 Å². The number of hydrogen-bond donors (Lipinski definition) is 0. The zero-order chi connectivity index (χ0) is 58.3. The first kappa shape index (κ1) is 61.6. The number of carbonyl (C=O) groups is 4. The van der Waals surface area contributed by atoms with Crippen molar-refractivity contribution in [2.24, 2.45) is 0 Å². The highest BCUT2D eigenvalue weighted by Crippen LogP contribution is 2.44. The molecule has 81 heavy (non-hydrogen) atoms. The topological polar surface area (TPSA) is 158 Å². The Hall–Kier alpha value is -8.60. The van der Waals surface area contributed by atoms with E-state index >= 15 is 0 Å². The SMILES string of the molecule is C=C(C)C(=O)OCCOCc1ccc(N(c2ccc(COCCOC(=O)C(=C)C)cc2)c2ccc(-c3ccc(N(c4ccc(COCCOC(=O)C(=C)C)cc4)c4ccc(COCCOC(=O)C(=C)C)cc4)c(OC)c3)cc2C)cc1. The molecule has 0 spiro atoms. The van der Waals surface area contributed by atoms with Crippen molar-refractivity contribution in [3.05, 3.63) is 210 Å². The largest absolute Gasteiger partial charge is 0.495 e. The first-order valence-corrected chi connectivity index (χ1v) is 26.4. The van der Waals surface area contributed by atoms with Gasteiger partial charge >= 0.3 is 23.9 Å². The molecule has 15 heteroatoms. The average molecular weight is 1100 g/mol. The number of nitrogens with zero attached hydrogens (tertiary/aromatic N) is 2. The lowest BCUT2D eigenvalue weighted by Crippen LogP contribution is -2.13. The van der Waals surface area contributed by atoms with Crippen LogP contribution in [0.15, 0.2) is 182 Å². The third-order valence-electron chi connectivity index (χ3n) is 12.3. The predicted octanol–water partition coefficient (Wildman–Crippen LogP) is 13.2. The highest BCUT2D eigenvalue weighted by atomic mass is 16.6. The summed E-state index contributed by atoms with van der Waals surface area (Å²) in [5.74, 6) is -1.16. The van der Waals surface area contributed by atoms with Gasteiger partial charge in [-0.05, 0) is 146 Å². The summed E-state index contributed by atoms with van der Waals surface area (Å²) >= 11 is 0. The quantitative estimate of drug-likeness (QED) is 0.0170. The van der Waals surface area contributed by atoms with Crippen LogP contribution in [-0.4, -0.2) is 83.8 Å². The minimum Gasteiger partial charge on any atom is -0.495 e. The molecule has 0 saturated carbocycles. The number of anilines is 6. The number of esters is 4. The molecule has 0 unspecified atom stereocenters. The molecule has 6 aromatic carbocycles. The third kappa shape index (κ3) is 18.8. The fourth-order valence-electron chi connectivity index (χ4n) is 7.97. The highest BCUT2D eigenvalue weighted by molar-refractivity contribution is 5.89. The van der Waals surface area contributed by atoms with E-state index in [1.165, 1.54) is 0 Å². The van der Waals surface area contributed by atoms with E-state index in [0.29, 0.717) is 54.5 Å². The van der Waals surface area contributed by atoms with Crippen molar-refractivity contribution in [3.63, 3.8) is 0 Å². The molecular formula is C66H72N2O13. The Kier molecular flexibility index (Phi) is 23.8. The normalized spacial score (nSPS) is 10.8. The first-order valence-electron chi connectivity index (χ1n) is 26.4. The predicted molar refractivity (Wildman–Crippen MR) is 314 cm³/mol. The van der Waals surface area contributed by atoms with Crippen LogP contribution in [0.3, 0.4) is 0 Å². The van der Waals surface area contributed by atoms with Crippen molar-refractivity contribution in [2.75, 3.05) is 69.8 Å². The monoisotopic (exact) mass is 1100 g/mol. The molecule has 0 aromatic heterocycles. The Balaban J connectivity index is 1.26. The molecule has 6 aromatic rings. The summed E-state index contributed by atoms with van der Waals surface area (Å²) in [6.07, 6.45) is 0. The lowest BCUT2D eigenvalue weighted by atomic mass is 10.00. The van der Waals surface area contributed by atoms with Crippen molar-refractivity contribution >= 4 is 58.0 Å². The molecule has 15 nitrogen and oxygen atoms in total. The standard InChI is InChI=1S/C66H72N2O13/c1-45(2)63(69)78-35-31-74-41-50-11-21-56(22-12-50)67(57-23-13-51(14-24-57)42-75-32-36-79-64(70)46(3)4)60-29-19-54(39-49(60)9)55-20-30-61(62(40-55)73-10)68(58-25-15-52(16-26-58)43-76-33-37-80-65(71)47(5)6)59-27-17-53(18-28-59)44-77-34-38-81-66(72)48(7)8/h11-30,39-40H,1,3,5,7,31-38,41-44H2,2,4,6,8-10H3. The summed E-state index contributed by atoms with van der Waals surface area (Å²) in [7, 11) is 1.66. The van der Waals surface area contributed by atoms with Gasteiger partial charge in [0.1, 0.15) is 32.2 Å². The minimum atomic E-state index is -0.451. The number of hydrogen-bond acceptors (Lipinski definition) is 15. The van der Waals surface area contributed by atoms with Crippen LogP contribution in [0.1, 0.15) is 55.5 Å². The van der Waals surface area contributed by atoms with Crippen molar-refractivity contribution < 1.29 is 61.8 Å². The van der Waals surface area contributed by atoms with E-state index < -0.39 is 23.9 Å². The van der Waals surface area contributed by atoms with Crippen molar-refractivity contribution in [2.45, 2.75) is 61.0 Å². The molecule has 0 aliphatic heterocycles. The number of carbonyl (C=O) groups excluding carboxylic acids is 4. The summed E-state index contributed by atoms with van der Waals surface area (Å²) < 4.78 is 50.1. The van der Waals surface area contributed by atoms with E-state index in [0.717, 1.165) is 73.1 Å². The number of aryl methyl sites for hydroxylation is 1. The summed E-state index contributed by atoms with van der Waals surface area (Å²) in [4.78, 5) is 51.5. The van der Waals surface area contributed by atoms with Crippen LogP contribution in [-0.2, 0) is 83.5 Å². The van der Waals surface area contributed by atoms with E-state index in [1.807, 2.05) is 78.9 Å². The van der Waals surface area contributed by atoms with E-state index in [-0.39, 0.29) is 52.9 Å². The van der Waals surface area contributed by atoms with Crippen LogP contribution in [0.25, 0.3) is 11.1 Å². The van der Waals surface area contributed by atoms with Gasteiger partial charge in [0.2, 0.25) is 0 Å². The van der Waals surface area contributed by atoms with Gasteiger partial charge in [0.05, 0.1) is 65.7 Å². The molecule has 0 aliphatic carbocycles. The highest BCUT2D eigenvalue weighted by Gasteiger charge is 2.21. The Labute approximate surface area is 475 Å². The van der Waals surface area contributed by atoms with Gasteiger partial charge in [-0.1, -0.05) is 87.0 Å². The van der Waals surface area contributed by atoms with E-state index in [1.54, 1.807) is 34.8 Å². The Morgan fingerprint density at radius 2 is 0.642 bits per heavy atom. The fraction of sp³-hybridized carbons (Fsp3) is 0.273. The molecule has 0 N–H and O–H groups in total. The van der Waals surface area contributed by atoms with Crippen LogP contribution in [0.2, 0.25) is 0 Å². The maximum atomic E-state index is 11.8. The Bertz CT molecular complexity index is 2970. The molecule has 0 amide bonds. The van der Waals surface area contributed by atoms with Gasteiger partial charge in [0, 0.05) is 50.7 Å². The second kappa shape index (κ2) is 31.3. The molecule has 0 bridgehead atoms. The number of rotatable bonds is 32. The second-order valence-electron chi connectivity index (χ2n) is 19.1. The molecule has 424 valence electrons. The molecule has 6 rings (SSSR count). The molecule has 0 saturated heterocycles. The minimum absolute atomic E-state index is 0.124. The van der Waals surface area contributed by atoms with Crippen LogP contribution in [0.4, 0.5) is 34.1 Å². The van der Waals surface area contributed by atoms with Crippen LogP contribution in [0, 0.1) is 6.92 Å². The van der Waals surface area contributed by atoms with Crippen molar-refractivity contribution in [1.82, 2.24) is 0 Å². The lowest BCUT2D eigenvalue weighted by molar-refractivity contribution is -0.141. The van der Waals surface area contributed by atoms with Crippen LogP contribution in [0.5, 0.6) is 5.75 Å². The molecule has 0 radical (unpaired) electrons. The van der Waals surface area contributed by atoms with Gasteiger partial charge in [-0.3, -0.25) is 0 Å². The second-order valence-corrected chi connectivity index (χ2v) is 19.1. The van der Waals surface area contributed by atoms with E-state index in [4.69, 9.17) is 42.6 Å². The maximum Gasteiger partial charge on any atom is 0.333 e. The third-order valence-corrected chi connectivity index (χ3v) is 12.3. The summed E-state index contributed by atoms with van der Waals surface area (Å²) in [6.45, 7) is 25.8. The maximum absolute atomic E-state index is 11.8. The number of benzene rings is 6. The van der Waals surface area contributed by atoms with Gasteiger partial charge in [0.25, 0.3) is 0 Å². The summed E-state index contributed by atoms with van der Waals surface area (Å²) in [5.41, 5.74) is 13.4. The van der Waals surface area contributed by atoms with E-state index in [2.05, 4.69) is 97.6 Å². The molecule has 0 fully saturated rings. The van der Waals surface area contributed by atoms with Crippen molar-refractivity contribution in [1.29, 1.82) is 0 Å².